The Kier molecular flexibility index (Phi) is 11.8. The molecule has 6 fully saturated rings. The number of nitro groups is 4. The number of ether oxygens (including phenoxy) is 8. The van der Waals surface area contributed by atoms with E-state index in [9.17, 15) is 60.9 Å². The van der Waals surface area contributed by atoms with Crippen molar-refractivity contribution < 1.29 is 78.0 Å². The van der Waals surface area contributed by atoms with Gasteiger partial charge in [-0.3, -0.25) is 45.4 Å². The number of fused-ring (bicyclic) bond motifs is 4. The van der Waals surface area contributed by atoms with E-state index in [4.69, 9.17) is 37.9 Å². The number of non-ortho nitro benzene ring substituents is 2. The van der Waals surface area contributed by atoms with Crippen LogP contribution in [0.5, 0.6) is 0 Å². The number of aliphatic hydroxyl groups is 4. The first-order chi connectivity index (χ1) is 29.6. The van der Waals surface area contributed by atoms with Gasteiger partial charge in [0.05, 0.1) is 68.8 Å². The number of anilines is 2. The number of aliphatic hydroxyl groups excluding tert-OH is 4. The minimum Gasteiger partial charge on any atom is -0.389 e. The zero-order chi connectivity index (χ0) is 45.4. The lowest BCUT2D eigenvalue weighted by molar-refractivity contribution is -0.393. The Morgan fingerprint density at radius 2 is 1.11 bits per heavy atom. The maximum absolute atomic E-state index is 12.1. The molecule has 27 nitrogen and oxygen atoms in total. The Bertz CT molecular complexity index is 1990. The van der Waals surface area contributed by atoms with Crippen molar-refractivity contribution >= 4 is 34.1 Å². The molecule has 6 saturated heterocycles. The number of hydrogen-bond donors (Lipinski definition) is 6. The molecule has 344 valence electrons. The Hall–Kier alpha value is -4.88. The molecular formula is C36H45N7O20. The van der Waals surface area contributed by atoms with E-state index in [0.29, 0.717) is 0 Å². The molecule has 0 amide bonds. The average Bonchev–Trinajstić information content (AvgIpc) is 4.00. The normalized spacial score (nSPS) is 35.8. The van der Waals surface area contributed by atoms with Crippen molar-refractivity contribution in [3.63, 3.8) is 0 Å². The number of nitrogens with one attached hydrogen (secondary N) is 2. The van der Waals surface area contributed by atoms with Crippen LogP contribution in [0.15, 0.2) is 36.4 Å². The number of rotatable bonds is 15. The van der Waals surface area contributed by atoms with Gasteiger partial charge in [-0.25, -0.2) is 0 Å². The van der Waals surface area contributed by atoms with Gasteiger partial charge >= 0.3 is 0 Å². The molecule has 2 aromatic rings. The zero-order valence-corrected chi connectivity index (χ0v) is 33.8. The molecule has 0 spiro atoms. The Morgan fingerprint density at radius 3 is 1.52 bits per heavy atom. The molecule has 27 heteroatoms. The second kappa shape index (κ2) is 16.6. The lowest BCUT2D eigenvalue weighted by Crippen LogP contribution is -2.65. The topological polar surface area (TPSA) is 355 Å². The quantitative estimate of drug-likeness (QED) is 0.103. The summed E-state index contributed by atoms with van der Waals surface area (Å²) in [5.74, 6) is -2.42. The van der Waals surface area contributed by atoms with Crippen LogP contribution in [0.2, 0.25) is 0 Å². The van der Waals surface area contributed by atoms with E-state index in [0.717, 1.165) is 36.4 Å². The predicted molar refractivity (Wildman–Crippen MR) is 206 cm³/mol. The summed E-state index contributed by atoms with van der Waals surface area (Å²) >= 11 is 0. The minimum atomic E-state index is -1.64. The van der Waals surface area contributed by atoms with Crippen LogP contribution in [0.1, 0.15) is 27.7 Å². The smallest absolute Gasteiger partial charge is 0.299 e. The molecule has 0 saturated carbocycles. The standard InChI is InChI=1S/C36H45N7O20/c1-35(2)60-30-23(37-16-7-5-14(40(48)49)9-18(16)42(52)53)28(58-33(30)62-35)20(44)11-39(25-26(46)22-13-56-32(57-22)27(25)47)12-21(45)29-24(31-34(59-29)63-36(3,4)61-31)38-17-8-6-15(41(50)51)10-19(17)43(54)55/h5-10,20-34,37-38,44-47H,11-13H2,1-4H3/t20-,21+,22-,23+,24+,25-,26-,27+,28-,29-,30-,31-,32-,33-,34-/m1/s1. The van der Waals surface area contributed by atoms with E-state index in [1.165, 1.54) is 4.90 Å². The Morgan fingerprint density at radius 1 is 0.667 bits per heavy atom. The van der Waals surface area contributed by atoms with Gasteiger partial charge in [0, 0.05) is 25.2 Å². The van der Waals surface area contributed by atoms with Crippen molar-refractivity contribution in [2.24, 2.45) is 0 Å². The van der Waals surface area contributed by atoms with E-state index < -0.39 is 159 Å². The first kappa shape index (κ1) is 44.7. The molecule has 6 N–H and O–H groups in total. The number of benzene rings is 2. The van der Waals surface area contributed by atoms with E-state index in [-0.39, 0.29) is 18.0 Å². The summed E-state index contributed by atoms with van der Waals surface area (Å²) in [6, 6.07) is 2.32. The third-order valence-electron chi connectivity index (χ3n) is 11.7. The molecule has 6 heterocycles. The van der Waals surface area contributed by atoms with E-state index in [2.05, 4.69) is 10.6 Å². The fraction of sp³-hybridized carbons (Fsp3) is 0.667. The Balaban J connectivity index is 1.10. The molecule has 8 rings (SSSR count). The minimum absolute atomic E-state index is 0.0997. The number of nitrogens with zero attached hydrogens (tertiary/aromatic N) is 5. The monoisotopic (exact) mass is 895 g/mol. The summed E-state index contributed by atoms with van der Waals surface area (Å²) in [6.45, 7) is 5.27. The van der Waals surface area contributed by atoms with Crippen LogP contribution >= 0.6 is 0 Å². The number of hydrogen-bond acceptors (Lipinski definition) is 23. The average molecular weight is 896 g/mol. The van der Waals surface area contributed by atoms with Gasteiger partial charge in [0.15, 0.2) is 30.4 Å². The lowest BCUT2D eigenvalue weighted by Gasteiger charge is -2.45. The molecule has 2 aromatic carbocycles. The highest BCUT2D eigenvalue weighted by molar-refractivity contribution is 5.67. The van der Waals surface area contributed by atoms with Crippen LogP contribution in [0.4, 0.5) is 34.1 Å². The second-order valence-corrected chi connectivity index (χ2v) is 16.8. The molecule has 63 heavy (non-hydrogen) atoms. The van der Waals surface area contributed by atoms with Crippen molar-refractivity contribution in [3.05, 3.63) is 76.9 Å². The van der Waals surface area contributed by atoms with Crippen molar-refractivity contribution in [1.82, 2.24) is 4.90 Å². The molecule has 2 bridgehead atoms. The van der Waals surface area contributed by atoms with Gasteiger partial charge in [0.25, 0.3) is 22.7 Å². The van der Waals surface area contributed by atoms with Crippen molar-refractivity contribution in [2.45, 2.75) is 131 Å². The molecule has 0 radical (unpaired) electrons. The third-order valence-corrected chi connectivity index (χ3v) is 11.7. The molecular weight excluding hydrogens is 850 g/mol. The van der Waals surface area contributed by atoms with Crippen molar-refractivity contribution in [2.75, 3.05) is 30.3 Å². The summed E-state index contributed by atoms with van der Waals surface area (Å²) in [4.78, 5) is 45.2. The van der Waals surface area contributed by atoms with Crippen LogP contribution in [0.3, 0.4) is 0 Å². The summed E-state index contributed by atoms with van der Waals surface area (Å²) in [5.41, 5.74) is -2.77. The Labute approximate surface area is 355 Å². The first-order valence-corrected chi connectivity index (χ1v) is 19.8. The van der Waals surface area contributed by atoms with Gasteiger partial charge in [-0.2, -0.15) is 0 Å². The van der Waals surface area contributed by atoms with Crippen LogP contribution in [-0.4, -0.2) is 168 Å². The molecule has 0 aliphatic carbocycles. The summed E-state index contributed by atoms with van der Waals surface area (Å²) in [7, 11) is 0. The van der Waals surface area contributed by atoms with Gasteiger partial charge < -0.3 is 69.0 Å². The summed E-state index contributed by atoms with van der Waals surface area (Å²) in [5, 5.41) is 100. The number of nitro benzene ring substituents is 4. The summed E-state index contributed by atoms with van der Waals surface area (Å²) in [6.07, 6.45) is -15.4. The van der Waals surface area contributed by atoms with Gasteiger partial charge in [-0.1, -0.05) is 0 Å². The maximum Gasteiger partial charge on any atom is 0.299 e. The largest absolute Gasteiger partial charge is 0.389 e. The molecule has 0 aromatic heterocycles. The SMILES string of the molecule is CC1(C)O[C@H]2O[C@H]([C@H](O)CN(C[C@H](O)[C@H]3O[C@@H]4OC(C)(C)O[C@@H]4[C@H]3Nc3ccc([N+](=O)[O-])cc3[N+](=O)[O-])[C@H]3[C@H](O)[C@@H]4OC[C@@H](O4)[C@H]3O)[C@H](Nc3ccc([N+](=O)[O-])cc3[N+](=O)[O-])[C@H]2O1. The van der Waals surface area contributed by atoms with Gasteiger partial charge in [-0.05, 0) is 39.8 Å². The van der Waals surface area contributed by atoms with E-state index in [1.807, 2.05) is 0 Å². The van der Waals surface area contributed by atoms with Crippen LogP contribution < -0.4 is 10.6 Å². The van der Waals surface area contributed by atoms with Gasteiger partial charge in [0.1, 0.15) is 54.1 Å². The molecule has 0 unspecified atom stereocenters. The molecule has 6 aliphatic heterocycles. The fourth-order valence-electron chi connectivity index (χ4n) is 9.05. The highest BCUT2D eigenvalue weighted by Crippen LogP contribution is 2.44. The van der Waals surface area contributed by atoms with E-state index >= 15 is 0 Å². The molecule has 15 atom stereocenters. The molecule has 6 aliphatic rings. The van der Waals surface area contributed by atoms with Crippen LogP contribution in [-0.2, 0) is 37.9 Å². The van der Waals surface area contributed by atoms with Crippen molar-refractivity contribution in [1.29, 1.82) is 0 Å². The highest BCUT2D eigenvalue weighted by atomic mass is 16.8. The fourth-order valence-corrected chi connectivity index (χ4v) is 9.05. The zero-order valence-electron chi connectivity index (χ0n) is 33.8. The predicted octanol–water partition coefficient (Wildman–Crippen LogP) is 0.203. The van der Waals surface area contributed by atoms with Crippen LogP contribution in [0, 0.1) is 40.5 Å². The lowest BCUT2D eigenvalue weighted by atomic mass is 9.93. The van der Waals surface area contributed by atoms with Gasteiger partial charge in [-0.15, -0.1) is 0 Å². The van der Waals surface area contributed by atoms with Crippen LogP contribution in [0.25, 0.3) is 0 Å². The maximum atomic E-state index is 12.1. The first-order valence-electron chi connectivity index (χ1n) is 19.8. The second-order valence-electron chi connectivity index (χ2n) is 16.8. The highest BCUT2D eigenvalue weighted by Gasteiger charge is 2.60. The third kappa shape index (κ3) is 8.59. The summed E-state index contributed by atoms with van der Waals surface area (Å²) < 4.78 is 47.5. The van der Waals surface area contributed by atoms with Crippen molar-refractivity contribution in [3.8, 4) is 0 Å². The van der Waals surface area contributed by atoms with E-state index in [1.54, 1.807) is 27.7 Å². The van der Waals surface area contributed by atoms with Gasteiger partial charge in [0.2, 0.25) is 0 Å².